The van der Waals surface area contributed by atoms with Gasteiger partial charge in [-0.1, -0.05) is 12.1 Å². The van der Waals surface area contributed by atoms with Crippen LogP contribution in [-0.2, 0) is 16.1 Å². The average molecular weight is 384 g/mol. The van der Waals surface area contributed by atoms with Crippen LogP contribution < -0.4 is 5.32 Å². The fourth-order valence-electron chi connectivity index (χ4n) is 3.95. The van der Waals surface area contributed by atoms with Gasteiger partial charge < -0.3 is 14.6 Å². The van der Waals surface area contributed by atoms with E-state index in [-0.39, 0.29) is 35.4 Å². The van der Waals surface area contributed by atoms with Gasteiger partial charge in [0.15, 0.2) is 0 Å². The molecule has 5 nitrogen and oxygen atoms in total. The number of rotatable bonds is 5. The molecule has 1 saturated heterocycles. The van der Waals surface area contributed by atoms with E-state index in [1.54, 1.807) is 25.3 Å². The molecule has 1 aromatic carbocycles. The molecule has 1 aliphatic heterocycles. The van der Waals surface area contributed by atoms with E-state index in [0.717, 1.165) is 18.4 Å². The van der Waals surface area contributed by atoms with Crippen molar-refractivity contribution < 1.29 is 18.4 Å². The molecule has 4 rings (SSSR count). The van der Waals surface area contributed by atoms with E-state index in [4.69, 9.17) is 4.42 Å². The summed E-state index contributed by atoms with van der Waals surface area (Å²) in [5, 5.41) is 2.92. The molecule has 148 valence electrons. The van der Waals surface area contributed by atoms with Gasteiger partial charge in [0.05, 0.1) is 18.7 Å². The van der Waals surface area contributed by atoms with Crippen molar-refractivity contribution in [2.45, 2.75) is 38.6 Å². The number of halogens is 1. The van der Waals surface area contributed by atoms with Crippen LogP contribution in [0.4, 0.5) is 4.39 Å². The molecule has 2 heterocycles. The fraction of sp³-hybridized carbons (Fsp3) is 0.455. The third-order valence-electron chi connectivity index (χ3n) is 5.73. The van der Waals surface area contributed by atoms with Crippen LogP contribution in [0.3, 0.4) is 0 Å². The number of hydrogen-bond acceptors (Lipinski definition) is 3. The summed E-state index contributed by atoms with van der Waals surface area (Å²) in [7, 11) is 0. The molecule has 6 heteroatoms. The first-order valence-electron chi connectivity index (χ1n) is 9.86. The highest BCUT2D eigenvalue weighted by molar-refractivity contribution is 5.83. The van der Waals surface area contributed by atoms with Crippen LogP contribution in [0.15, 0.2) is 41.0 Å². The maximum absolute atomic E-state index is 13.7. The predicted octanol–water partition coefficient (Wildman–Crippen LogP) is 3.39. The molecule has 2 aromatic rings. The zero-order valence-corrected chi connectivity index (χ0v) is 16.0. The summed E-state index contributed by atoms with van der Waals surface area (Å²) >= 11 is 0. The molecule has 2 fully saturated rings. The zero-order valence-electron chi connectivity index (χ0n) is 16.0. The van der Waals surface area contributed by atoms with Crippen molar-refractivity contribution in [3.05, 3.63) is 59.3 Å². The summed E-state index contributed by atoms with van der Waals surface area (Å²) in [5.74, 6) is 0.373. The Hall–Kier alpha value is -2.63. The highest BCUT2D eigenvalue weighted by Crippen LogP contribution is 2.36. The highest BCUT2D eigenvalue weighted by Gasteiger charge is 2.39. The van der Waals surface area contributed by atoms with Crippen LogP contribution in [0.1, 0.15) is 42.1 Å². The number of likely N-dealkylation sites (tertiary alicyclic amines) is 1. The summed E-state index contributed by atoms with van der Waals surface area (Å²) in [5.41, 5.74) is 1.57. The van der Waals surface area contributed by atoms with Crippen molar-refractivity contribution in [2.75, 3.05) is 13.1 Å². The summed E-state index contributed by atoms with van der Waals surface area (Å²) in [6.07, 6.45) is 4.09. The summed E-state index contributed by atoms with van der Waals surface area (Å²) in [6.45, 7) is 3.10. The average Bonchev–Trinajstić information content (AvgIpc) is 3.42. The molecule has 0 bridgehead atoms. The Morgan fingerprint density at radius 2 is 2.04 bits per heavy atom. The van der Waals surface area contributed by atoms with E-state index in [0.29, 0.717) is 37.4 Å². The number of carbonyl (C=O) groups is 2. The van der Waals surface area contributed by atoms with E-state index < -0.39 is 0 Å². The minimum absolute atomic E-state index is 0.0233. The Labute approximate surface area is 163 Å². The third kappa shape index (κ3) is 4.11. The number of carbonyl (C=O) groups excluding carboxylic acids is 2. The molecule has 0 radical (unpaired) electrons. The van der Waals surface area contributed by atoms with E-state index in [2.05, 4.69) is 5.32 Å². The first kappa shape index (κ1) is 18.7. The fourth-order valence-corrected chi connectivity index (χ4v) is 3.95. The second kappa shape index (κ2) is 7.78. The number of aryl methyl sites for hydroxylation is 1. The quantitative estimate of drug-likeness (QED) is 0.860. The van der Waals surface area contributed by atoms with Crippen molar-refractivity contribution in [1.29, 1.82) is 0 Å². The Bertz CT molecular complexity index is 861. The van der Waals surface area contributed by atoms with Gasteiger partial charge >= 0.3 is 0 Å². The molecular formula is C22H25FN2O3. The second-order valence-corrected chi connectivity index (χ2v) is 7.95. The van der Waals surface area contributed by atoms with Crippen LogP contribution in [0, 0.1) is 24.6 Å². The molecule has 0 spiro atoms. The number of amides is 2. The summed E-state index contributed by atoms with van der Waals surface area (Å²) in [6, 6.07) is 8.68. The number of nitrogens with one attached hydrogen (secondary N) is 1. The largest absolute Gasteiger partial charge is 0.467 e. The number of nitrogens with zero attached hydrogens (tertiary/aromatic N) is 1. The van der Waals surface area contributed by atoms with E-state index in [9.17, 15) is 14.0 Å². The van der Waals surface area contributed by atoms with Gasteiger partial charge in [0.25, 0.3) is 0 Å². The molecule has 0 unspecified atom stereocenters. The van der Waals surface area contributed by atoms with Gasteiger partial charge in [-0.25, -0.2) is 4.39 Å². The van der Waals surface area contributed by atoms with Crippen LogP contribution in [0.25, 0.3) is 0 Å². The van der Waals surface area contributed by atoms with Crippen LogP contribution in [0.5, 0.6) is 0 Å². The minimum Gasteiger partial charge on any atom is -0.467 e. The van der Waals surface area contributed by atoms with Gasteiger partial charge in [-0.15, -0.1) is 0 Å². The lowest BCUT2D eigenvalue weighted by atomic mass is 9.83. The third-order valence-corrected chi connectivity index (χ3v) is 5.73. The van der Waals surface area contributed by atoms with Crippen molar-refractivity contribution in [1.82, 2.24) is 10.2 Å². The maximum Gasteiger partial charge on any atom is 0.225 e. The van der Waals surface area contributed by atoms with Gasteiger partial charge in [-0.3, -0.25) is 9.59 Å². The van der Waals surface area contributed by atoms with Crippen LogP contribution >= 0.6 is 0 Å². The number of benzene rings is 1. The molecule has 2 atom stereocenters. The van der Waals surface area contributed by atoms with E-state index >= 15 is 0 Å². The lowest BCUT2D eigenvalue weighted by Crippen LogP contribution is -2.48. The van der Waals surface area contributed by atoms with E-state index in [1.165, 1.54) is 6.07 Å². The molecule has 1 aromatic heterocycles. The Balaban J connectivity index is 1.50. The Morgan fingerprint density at radius 1 is 1.21 bits per heavy atom. The molecular weight excluding hydrogens is 359 g/mol. The van der Waals surface area contributed by atoms with Crippen molar-refractivity contribution in [2.24, 2.45) is 11.8 Å². The van der Waals surface area contributed by atoms with Gasteiger partial charge in [0, 0.05) is 24.9 Å². The molecule has 2 amide bonds. The van der Waals surface area contributed by atoms with Crippen molar-refractivity contribution in [3.8, 4) is 0 Å². The van der Waals surface area contributed by atoms with E-state index in [1.807, 2.05) is 17.0 Å². The number of piperidine rings is 1. The van der Waals surface area contributed by atoms with Gasteiger partial charge in [0.2, 0.25) is 11.8 Å². The zero-order chi connectivity index (χ0) is 19.7. The Morgan fingerprint density at radius 3 is 2.71 bits per heavy atom. The standard InChI is InChI=1S/C22H25FN2O3/c1-14-9-16(6-7-20(14)23)17-10-18(13-25(12-17)22(27)15-4-5-15)21(26)24-11-19-3-2-8-28-19/h2-3,6-9,15,17-18H,4-5,10-13H2,1H3,(H,24,26)/t17-,18+/m0/s1. The maximum atomic E-state index is 13.7. The van der Waals surface area contributed by atoms with Crippen LogP contribution in [0.2, 0.25) is 0 Å². The second-order valence-electron chi connectivity index (χ2n) is 7.95. The monoisotopic (exact) mass is 384 g/mol. The van der Waals surface area contributed by atoms with Crippen molar-refractivity contribution >= 4 is 11.8 Å². The molecule has 2 aliphatic rings. The van der Waals surface area contributed by atoms with Gasteiger partial charge in [-0.2, -0.15) is 0 Å². The molecule has 1 saturated carbocycles. The predicted molar refractivity (Wildman–Crippen MR) is 102 cm³/mol. The molecule has 28 heavy (non-hydrogen) atoms. The normalized spacial score (nSPS) is 22.1. The lowest BCUT2D eigenvalue weighted by Gasteiger charge is -2.37. The van der Waals surface area contributed by atoms with Crippen LogP contribution in [-0.4, -0.2) is 29.8 Å². The minimum atomic E-state index is -0.290. The summed E-state index contributed by atoms with van der Waals surface area (Å²) in [4.78, 5) is 27.3. The Kier molecular flexibility index (Phi) is 5.20. The highest BCUT2D eigenvalue weighted by atomic mass is 19.1. The molecule has 1 N–H and O–H groups in total. The topological polar surface area (TPSA) is 62.6 Å². The van der Waals surface area contributed by atoms with Gasteiger partial charge in [-0.05, 0) is 55.5 Å². The lowest BCUT2D eigenvalue weighted by molar-refractivity contribution is -0.137. The first-order chi connectivity index (χ1) is 13.5. The number of furan rings is 1. The van der Waals surface area contributed by atoms with Crippen molar-refractivity contribution in [3.63, 3.8) is 0 Å². The smallest absolute Gasteiger partial charge is 0.225 e. The first-order valence-corrected chi connectivity index (χ1v) is 9.86. The van der Waals surface area contributed by atoms with Gasteiger partial charge in [0.1, 0.15) is 11.6 Å². The SMILES string of the molecule is Cc1cc([C@H]2C[C@@H](C(=O)NCc3ccco3)CN(C(=O)C3CC3)C2)ccc1F. The summed E-state index contributed by atoms with van der Waals surface area (Å²) < 4.78 is 19.0. The number of hydrogen-bond donors (Lipinski definition) is 1. The molecule has 1 aliphatic carbocycles.